The maximum atomic E-state index is 10.9. The fourth-order valence-corrected chi connectivity index (χ4v) is 2.30. The number of aliphatic carboxylic acids is 1. The molecule has 0 saturated heterocycles. The minimum Gasteiger partial charge on any atom is -0.481 e. The summed E-state index contributed by atoms with van der Waals surface area (Å²) in [6.07, 6.45) is -0.00870. The molecule has 18 heavy (non-hydrogen) atoms. The van der Waals surface area contributed by atoms with Crippen LogP contribution in [0.25, 0.3) is 16.8 Å². The van der Waals surface area contributed by atoms with E-state index in [1.807, 2.05) is 36.4 Å². The Morgan fingerprint density at radius 2 is 2.22 bits per heavy atom. The second kappa shape index (κ2) is 3.60. The third-order valence-electron chi connectivity index (χ3n) is 3.13. The number of benzene rings is 1. The number of fused-ring (bicyclic) bond motifs is 3. The molecule has 92 valence electrons. The Morgan fingerprint density at radius 1 is 1.44 bits per heavy atom. The molecule has 0 unspecified atom stereocenters. The Morgan fingerprint density at radius 3 is 2.94 bits per heavy atom. The van der Waals surface area contributed by atoms with Gasteiger partial charge in [0.15, 0.2) is 0 Å². The molecule has 0 aliphatic rings. The molecule has 0 saturated carbocycles. The molecule has 2 aromatic heterocycles. The van der Waals surface area contributed by atoms with Crippen molar-refractivity contribution in [1.82, 2.24) is 14.4 Å². The quantitative estimate of drug-likeness (QED) is 0.723. The monoisotopic (exact) mass is 243 g/mol. The number of hydrogen-bond donors (Lipinski definition) is 2. The maximum Gasteiger partial charge on any atom is 0.309 e. The van der Waals surface area contributed by atoms with Crippen LogP contribution in [0.3, 0.4) is 0 Å². The van der Waals surface area contributed by atoms with E-state index in [0.29, 0.717) is 5.78 Å². The van der Waals surface area contributed by atoms with Crippen molar-refractivity contribution in [1.29, 1.82) is 0 Å². The van der Waals surface area contributed by atoms with Crippen molar-refractivity contribution in [3.05, 3.63) is 35.2 Å². The van der Waals surface area contributed by atoms with Crippen LogP contribution in [0.15, 0.2) is 18.2 Å². The number of carboxylic acid groups (broad SMARTS) is 1. The number of aromatic nitrogens is 3. The lowest BCUT2D eigenvalue weighted by atomic mass is 10.2. The summed E-state index contributed by atoms with van der Waals surface area (Å²) in [6, 6.07) is 5.97. The first-order valence-corrected chi connectivity index (χ1v) is 5.74. The summed E-state index contributed by atoms with van der Waals surface area (Å²) in [6.45, 7) is 3.88. The van der Waals surface area contributed by atoms with E-state index in [2.05, 4.69) is 9.97 Å². The van der Waals surface area contributed by atoms with Gasteiger partial charge in [0.2, 0.25) is 5.78 Å². The number of imidazole rings is 2. The molecule has 0 bridgehead atoms. The minimum absolute atomic E-state index is 0.00870. The predicted octanol–water partition coefficient (Wildman–Crippen LogP) is 2.06. The van der Waals surface area contributed by atoms with Gasteiger partial charge in [-0.25, -0.2) is 4.98 Å². The van der Waals surface area contributed by atoms with Crippen molar-refractivity contribution in [2.75, 3.05) is 0 Å². The molecule has 3 aromatic rings. The number of carbonyl (C=O) groups is 1. The lowest BCUT2D eigenvalue weighted by molar-refractivity contribution is -0.136. The van der Waals surface area contributed by atoms with Crippen molar-refractivity contribution in [2.45, 2.75) is 20.3 Å². The number of carboxylic acids is 1. The molecule has 5 nitrogen and oxygen atoms in total. The van der Waals surface area contributed by atoms with E-state index in [-0.39, 0.29) is 6.42 Å². The maximum absolute atomic E-state index is 10.9. The minimum atomic E-state index is -0.839. The van der Waals surface area contributed by atoms with Crippen molar-refractivity contribution in [3.8, 4) is 0 Å². The van der Waals surface area contributed by atoms with Crippen LogP contribution < -0.4 is 0 Å². The van der Waals surface area contributed by atoms with E-state index in [0.717, 1.165) is 28.0 Å². The number of nitrogens with zero attached hydrogens (tertiary/aromatic N) is 2. The van der Waals surface area contributed by atoms with Crippen molar-refractivity contribution < 1.29 is 9.90 Å². The third-order valence-corrected chi connectivity index (χ3v) is 3.13. The van der Waals surface area contributed by atoms with E-state index in [4.69, 9.17) is 5.11 Å². The largest absolute Gasteiger partial charge is 0.481 e. The number of aromatic amines is 1. The summed E-state index contributed by atoms with van der Waals surface area (Å²) in [5, 5.41) is 8.99. The molecule has 5 heteroatoms. The number of aryl methyl sites for hydroxylation is 2. The molecular formula is C13H13N3O2. The molecule has 0 atom stereocenters. The normalized spacial score (nSPS) is 11.4. The summed E-state index contributed by atoms with van der Waals surface area (Å²) in [5.41, 5.74) is 4.56. The fourth-order valence-electron chi connectivity index (χ4n) is 2.30. The van der Waals surface area contributed by atoms with Crippen LogP contribution in [0, 0.1) is 13.8 Å². The predicted molar refractivity (Wildman–Crippen MR) is 67.9 cm³/mol. The molecule has 0 amide bonds. The number of rotatable bonds is 2. The highest BCUT2D eigenvalue weighted by molar-refractivity contribution is 5.82. The number of H-pyrrole nitrogens is 1. The Hall–Kier alpha value is -2.30. The smallest absolute Gasteiger partial charge is 0.309 e. The van der Waals surface area contributed by atoms with E-state index in [1.54, 1.807) is 0 Å². The van der Waals surface area contributed by atoms with Gasteiger partial charge in [-0.05, 0) is 31.5 Å². The zero-order valence-electron chi connectivity index (χ0n) is 10.2. The lowest BCUT2D eigenvalue weighted by Crippen LogP contribution is -2.04. The summed E-state index contributed by atoms with van der Waals surface area (Å²) < 4.78 is 1.89. The first-order valence-electron chi connectivity index (χ1n) is 5.74. The van der Waals surface area contributed by atoms with Crippen LogP contribution in [0.4, 0.5) is 0 Å². The highest BCUT2D eigenvalue weighted by Crippen LogP contribution is 2.22. The van der Waals surface area contributed by atoms with Crippen LogP contribution in [0.1, 0.15) is 17.0 Å². The van der Waals surface area contributed by atoms with Crippen LogP contribution in [-0.4, -0.2) is 25.4 Å². The van der Waals surface area contributed by atoms with Gasteiger partial charge in [-0.15, -0.1) is 0 Å². The first kappa shape index (κ1) is 10.8. The van der Waals surface area contributed by atoms with Gasteiger partial charge >= 0.3 is 5.97 Å². The highest BCUT2D eigenvalue weighted by atomic mass is 16.4. The van der Waals surface area contributed by atoms with E-state index < -0.39 is 5.97 Å². The number of hydrogen-bond acceptors (Lipinski definition) is 2. The van der Waals surface area contributed by atoms with Gasteiger partial charge in [-0.2, -0.15) is 0 Å². The topological polar surface area (TPSA) is 70.4 Å². The summed E-state index contributed by atoms with van der Waals surface area (Å²) in [7, 11) is 0. The molecule has 0 aliphatic heterocycles. The van der Waals surface area contributed by atoms with Crippen molar-refractivity contribution in [3.63, 3.8) is 0 Å². The van der Waals surface area contributed by atoms with Crippen molar-refractivity contribution in [2.24, 2.45) is 0 Å². The zero-order chi connectivity index (χ0) is 12.9. The molecule has 1 aromatic carbocycles. The average Bonchev–Trinajstić information content (AvgIpc) is 2.76. The molecule has 0 fully saturated rings. The highest BCUT2D eigenvalue weighted by Gasteiger charge is 2.15. The van der Waals surface area contributed by atoms with E-state index in [9.17, 15) is 4.79 Å². The molecule has 0 radical (unpaired) electrons. The first-order chi connectivity index (χ1) is 8.56. The van der Waals surface area contributed by atoms with Crippen LogP contribution >= 0.6 is 0 Å². The molecule has 3 rings (SSSR count). The standard InChI is InChI=1S/C13H13N3O2/c1-7-3-4-9-11(5-7)16-10(6-12(17)18)8(2)14-13(16)15-9/h3-5H,6H2,1-2H3,(H,14,15)(H,17,18). The van der Waals surface area contributed by atoms with Gasteiger partial charge < -0.3 is 10.1 Å². The van der Waals surface area contributed by atoms with E-state index >= 15 is 0 Å². The Labute approximate surface area is 103 Å². The molecule has 0 aliphatic carbocycles. The molecule has 0 spiro atoms. The molecule has 2 N–H and O–H groups in total. The van der Waals surface area contributed by atoms with E-state index in [1.165, 1.54) is 0 Å². The van der Waals surface area contributed by atoms with Gasteiger partial charge in [-0.3, -0.25) is 9.20 Å². The van der Waals surface area contributed by atoms with Gasteiger partial charge in [0.05, 0.1) is 23.1 Å². The zero-order valence-corrected chi connectivity index (χ0v) is 10.2. The Bertz CT molecular complexity index is 767. The molecular weight excluding hydrogens is 230 g/mol. The summed E-state index contributed by atoms with van der Waals surface area (Å²) in [5.74, 6) is -0.141. The second-order valence-electron chi connectivity index (χ2n) is 4.53. The van der Waals surface area contributed by atoms with Gasteiger partial charge in [0, 0.05) is 5.69 Å². The second-order valence-corrected chi connectivity index (χ2v) is 4.53. The fraction of sp³-hybridized carbons (Fsp3) is 0.231. The third kappa shape index (κ3) is 1.48. The van der Waals surface area contributed by atoms with Gasteiger partial charge in [-0.1, -0.05) is 6.07 Å². The van der Waals surface area contributed by atoms with Gasteiger partial charge in [0.25, 0.3) is 0 Å². The SMILES string of the molecule is Cc1ccc2nc3[nH]c(C)c(CC(=O)O)n3c2c1. The van der Waals surface area contributed by atoms with Crippen LogP contribution in [0.2, 0.25) is 0 Å². The van der Waals surface area contributed by atoms with Crippen LogP contribution in [-0.2, 0) is 11.2 Å². The summed E-state index contributed by atoms with van der Waals surface area (Å²) in [4.78, 5) is 18.5. The Balaban J connectivity index is 2.39. The van der Waals surface area contributed by atoms with Crippen LogP contribution in [0.5, 0.6) is 0 Å². The van der Waals surface area contributed by atoms with Crippen molar-refractivity contribution >= 4 is 22.8 Å². The Kier molecular flexibility index (Phi) is 2.16. The summed E-state index contributed by atoms with van der Waals surface area (Å²) >= 11 is 0. The average molecular weight is 243 g/mol. The lowest BCUT2D eigenvalue weighted by Gasteiger charge is -2.00. The molecule has 2 heterocycles. The number of nitrogens with one attached hydrogen (secondary N) is 1. The van der Waals surface area contributed by atoms with Gasteiger partial charge in [0.1, 0.15) is 0 Å².